The molecular formula is C28H24. The van der Waals surface area contributed by atoms with Crippen LogP contribution in [0.15, 0.2) is 91.0 Å². The van der Waals surface area contributed by atoms with Crippen molar-refractivity contribution >= 4 is 0 Å². The van der Waals surface area contributed by atoms with Gasteiger partial charge >= 0.3 is 0 Å². The highest BCUT2D eigenvalue weighted by Crippen LogP contribution is 2.49. The van der Waals surface area contributed by atoms with Crippen molar-refractivity contribution in [2.45, 2.75) is 26.2 Å². The first-order valence-corrected chi connectivity index (χ1v) is 9.98. The molecule has 0 heterocycles. The molecule has 5 rings (SSSR count). The van der Waals surface area contributed by atoms with Crippen LogP contribution in [0.3, 0.4) is 0 Å². The smallest absolute Gasteiger partial charge is 0.0158 e. The van der Waals surface area contributed by atoms with Gasteiger partial charge in [-0.2, -0.15) is 0 Å². The molecule has 0 aliphatic heterocycles. The Hall–Kier alpha value is -3.12. The molecule has 0 spiro atoms. The average Bonchev–Trinajstić information content (AvgIpc) is 2.76. The first-order valence-electron chi connectivity index (χ1n) is 9.98. The second kappa shape index (κ2) is 6.21. The van der Waals surface area contributed by atoms with E-state index in [9.17, 15) is 0 Å². The van der Waals surface area contributed by atoms with Crippen molar-refractivity contribution in [2.24, 2.45) is 0 Å². The van der Waals surface area contributed by atoms with E-state index in [0.717, 1.165) is 0 Å². The molecule has 4 aromatic rings. The van der Waals surface area contributed by atoms with Crippen LogP contribution in [0.2, 0.25) is 0 Å². The van der Waals surface area contributed by atoms with Crippen LogP contribution >= 0.6 is 0 Å². The first-order chi connectivity index (χ1) is 13.6. The van der Waals surface area contributed by atoms with E-state index in [2.05, 4.69) is 112 Å². The third-order valence-electron chi connectivity index (χ3n) is 6.25. The number of benzene rings is 4. The summed E-state index contributed by atoms with van der Waals surface area (Å²) in [6, 6.07) is 33.4. The molecule has 0 atom stereocenters. The average molecular weight is 361 g/mol. The summed E-state index contributed by atoms with van der Waals surface area (Å²) in [5.74, 6) is 0. The van der Waals surface area contributed by atoms with Crippen LogP contribution in [-0.2, 0) is 5.41 Å². The minimum atomic E-state index is -0.106. The standard InChI is InChI=1S/C28H24/c1-19-11-10-16-24-22-14-7-9-18-26(22)28(2,3)25-17-8-6-13-21(25)20-12-4-5-15-23(20)27(19)24/h4-18H,1-3H3. The Morgan fingerprint density at radius 2 is 0.929 bits per heavy atom. The summed E-state index contributed by atoms with van der Waals surface area (Å²) in [7, 11) is 0. The maximum Gasteiger partial charge on any atom is 0.0158 e. The zero-order chi connectivity index (χ0) is 19.3. The van der Waals surface area contributed by atoms with Gasteiger partial charge in [-0.1, -0.05) is 105 Å². The molecule has 0 saturated carbocycles. The predicted octanol–water partition coefficient (Wildman–Crippen LogP) is 7.64. The van der Waals surface area contributed by atoms with Crippen LogP contribution in [0.25, 0.3) is 33.4 Å². The van der Waals surface area contributed by atoms with E-state index in [1.54, 1.807) is 0 Å². The number of hydrogen-bond acceptors (Lipinski definition) is 0. The Morgan fingerprint density at radius 3 is 1.57 bits per heavy atom. The zero-order valence-corrected chi connectivity index (χ0v) is 16.7. The summed E-state index contributed by atoms with van der Waals surface area (Å²) in [6.07, 6.45) is 0. The first kappa shape index (κ1) is 17.0. The SMILES string of the molecule is Cc1cccc2c1-c1ccccc1-c1ccccc1C(C)(C)c1ccccc1-2. The summed E-state index contributed by atoms with van der Waals surface area (Å²) in [6.45, 7) is 6.94. The van der Waals surface area contributed by atoms with Crippen molar-refractivity contribution in [2.75, 3.05) is 0 Å². The lowest BCUT2D eigenvalue weighted by molar-refractivity contribution is 0.645. The van der Waals surface area contributed by atoms with Gasteiger partial charge in [-0.15, -0.1) is 0 Å². The predicted molar refractivity (Wildman–Crippen MR) is 120 cm³/mol. The maximum atomic E-state index is 2.36. The van der Waals surface area contributed by atoms with E-state index in [1.165, 1.54) is 50.1 Å². The van der Waals surface area contributed by atoms with Gasteiger partial charge in [-0.05, 0) is 57.0 Å². The largest absolute Gasteiger partial charge is 0.0619 e. The molecule has 0 heteroatoms. The Morgan fingerprint density at radius 1 is 0.464 bits per heavy atom. The van der Waals surface area contributed by atoms with E-state index >= 15 is 0 Å². The number of aryl methyl sites for hydroxylation is 1. The number of fused-ring (bicyclic) bond motifs is 7. The third-order valence-corrected chi connectivity index (χ3v) is 6.25. The molecule has 0 nitrogen and oxygen atoms in total. The van der Waals surface area contributed by atoms with Gasteiger partial charge in [0.05, 0.1) is 0 Å². The quantitative estimate of drug-likeness (QED) is 0.302. The second-order valence-electron chi connectivity index (χ2n) is 8.26. The van der Waals surface area contributed by atoms with Gasteiger partial charge in [-0.3, -0.25) is 0 Å². The molecule has 4 aromatic carbocycles. The van der Waals surface area contributed by atoms with Gasteiger partial charge in [-0.25, -0.2) is 0 Å². The van der Waals surface area contributed by atoms with Crippen molar-refractivity contribution in [1.29, 1.82) is 0 Å². The molecule has 28 heavy (non-hydrogen) atoms. The van der Waals surface area contributed by atoms with Crippen molar-refractivity contribution in [1.82, 2.24) is 0 Å². The maximum absolute atomic E-state index is 2.36. The molecule has 0 fully saturated rings. The zero-order valence-electron chi connectivity index (χ0n) is 16.7. The van der Waals surface area contributed by atoms with Crippen molar-refractivity contribution in [3.8, 4) is 33.4 Å². The monoisotopic (exact) mass is 360 g/mol. The fourth-order valence-electron chi connectivity index (χ4n) is 4.86. The van der Waals surface area contributed by atoms with Crippen molar-refractivity contribution < 1.29 is 0 Å². The summed E-state index contributed by atoms with van der Waals surface area (Å²) in [5.41, 5.74) is 11.9. The van der Waals surface area contributed by atoms with Crippen LogP contribution in [0.5, 0.6) is 0 Å². The molecule has 0 bridgehead atoms. The van der Waals surface area contributed by atoms with Gasteiger partial charge < -0.3 is 0 Å². The fourth-order valence-corrected chi connectivity index (χ4v) is 4.86. The molecule has 1 aliphatic rings. The molecule has 0 amide bonds. The molecule has 1 aliphatic carbocycles. The lowest BCUT2D eigenvalue weighted by atomic mass is 9.73. The van der Waals surface area contributed by atoms with Gasteiger partial charge in [0.1, 0.15) is 0 Å². The van der Waals surface area contributed by atoms with Crippen LogP contribution < -0.4 is 0 Å². The minimum Gasteiger partial charge on any atom is -0.0619 e. The number of hydrogen-bond donors (Lipinski definition) is 0. The second-order valence-corrected chi connectivity index (χ2v) is 8.26. The van der Waals surface area contributed by atoms with E-state index in [-0.39, 0.29) is 5.41 Å². The molecule has 0 radical (unpaired) electrons. The van der Waals surface area contributed by atoms with Gasteiger partial charge in [0, 0.05) is 5.41 Å². The van der Waals surface area contributed by atoms with Crippen molar-refractivity contribution in [3.05, 3.63) is 108 Å². The van der Waals surface area contributed by atoms with Gasteiger partial charge in [0.25, 0.3) is 0 Å². The van der Waals surface area contributed by atoms with E-state index in [0.29, 0.717) is 0 Å². The summed E-state index contributed by atoms with van der Waals surface area (Å²) in [4.78, 5) is 0. The van der Waals surface area contributed by atoms with E-state index in [4.69, 9.17) is 0 Å². The Balaban J connectivity index is 2.04. The van der Waals surface area contributed by atoms with Crippen LogP contribution in [0.1, 0.15) is 30.5 Å². The van der Waals surface area contributed by atoms with Gasteiger partial charge in [0.2, 0.25) is 0 Å². The van der Waals surface area contributed by atoms with Crippen molar-refractivity contribution in [3.63, 3.8) is 0 Å². The highest BCUT2D eigenvalue weighted by molar-refractivity contribution is 5.96. The summed E-state index contributed by atoms with van der Waals surface area (Å²) < 4.78 is 0. The lowest BCUT2D eigenvalue weighted by Gasteiger charge is -2.30. The molecule has 136 valence electrons. The highest BCUT2D eigenvalue weighted by atomic mass is 14.3. The molecule has 0 saturated heterocycles. The minimum absolute atomic E-state index is 0.106. The molecular weight excluding hydrogens is 336 g/mol. The fraction of sp³-hybridized carbons (Fsp3) is 0.143. The van der Waals surface area contributed by atoms with Crippen LogP contribution in [-0.4, -0.2) is 0 Å². The number of rotatable bonds is 0. The van der Waals surface area contributed by atoms with Crippen LogP contribution in [0.4, 0.5) is 0 Å². The van der Waals surface area contributed by atoms with E-state index < -0.39 is 0 Å². The van der Waals surface area contributed by atoms with E-state index in [1.807, 2.05) is 0 Å². The topological polar surface area (TPSA) is 0 Å². The van der Waals surface area contributed by atoms with Crippen LogP contribution in [0, 0.1) is 6.92 Å². The highest BCUT2D eigenvalue weighted by Gasteiger charge is 2.31. The Labute approximate surface area is 167 Å². The summed E-state index contributed by atoms with van der Waals surface area (Å²) >= 11 is 0. The summed E-state index contributed by atoms with van der Waals surface area (Å²) in [5, 5.41) is 0. The Kier molecular flexibility index (Phi) is 3.77. The third kappa shape index (κ3) is 2.38. The van der Waals surface area contributed by atoms with Gasteiger partial charge in [0.15, 0.2) is 0 Å². The molecule has 0 aromatic heterocycles. The molecule has 0 unspecified atom stereocenters. The Bertz CT molecular complexity index is 1190. The normalized spacial score (nSPS) is 13.8. The molecule has 0 N–H and O–H groups in total. The lowest BCUT2D eigenvalue weighted by Crippen LogP contribution is -2.20.